The molecule has 1 saturated heterocycles. The number of benzene rings is 2. The van der Waals surface area contributed by atoms with Crippen LogP contribution in [0.4, 0.5) is 17.1 Å². The predicted octanol–water partition coefficient (Wildman–Crippen LogP) is 3.21. The average Bonchev–Trinajstić information content (AvgIpc) is 2.84. The fourth-order valence-corrected chi connectivity index (χ4v) is 3.82. The monoisotopic (exact) mass is 468 g/mol. The van der Waals surface area contributed by atoms with Crippen molar-refractivity contribution in [3.63, 3.8) is 0 Å². The Hall–Kier alpha value is -3.95. The van der Waals surface area contributed by atoms with E-state index in [2.05, 4.69) is 5.32 Å². The van der Waals surface area contributed by atoms with Crippen molar-refractivity contribution < 1.29 is 24.0 Å². The Bertz CT molecular complexity index is 1050. The van der Waals surface area contributed by atoms with Gasteiger partial charge in [-0.15, -0.1) is 0 Å². The number of hydrogen-bond donors (Lipinski definition) is 1. The summed E-state index contributed by atoms with van der Waals surface area (Å²) in [5, 5.41) is 14.6. The van der Waals surface area contributed by atoms with Crippen molar-refractivity contribution in [1.82, 2.24) is 9.80 Å². The normalized spacial score (nSPS) is 13.8. The van der Waals surface area contributed by atoms with Crippen LogP contribution < -0.4 is 5.32 Å². The first-order valence-corrected chi connectivity index (χ1v) is 11.1. The number of esters is 1. The Labute approximate surface area is 197 Å². The molecule has 0 saturated carbocycles. The summed E-state index contributed by atoms with van der Waals surface area (Å²) >= 11 is 0. The first-order chi connectivity index (χ1) is 16.3. The number of anilines is 2. The van der Waals surface area contributed by atoms with E-state index in [9.17, 15) is 24.5 Å². The van der Waals surface area contributed by atoms with Gasteiger partial charge in [0.15, 0.2) is 0 Å². The highest BCUT2D eigenvalue weighted by atomic mass is 16.6. The lowest BCUT2D eigenvalue weighted by atomic mass is 9.97. The van der Waals surface area contributed by atoms with Crippen molar-refractivity contribution in [3.05, 3.63) is 64.2 Å². The predicted molar refractivity (Wildman–Crippen MR) is 126 cm³/mol. The van der Waals surface area contributed by atoms with Crippen LogP contribution in [0.15, 0.2) is 48.5 Å². The molecular weight excluding hydrogens is 440 g/mol. The molecule has 1 aliphatic heterocycles. The maximum Gasteiger partial charge on any atom is 0.309 e. The molecule has 2 aromatic carbocycles. The summed E-state index contributed by atoms with van der Waals surface area (Å²) in [7, 11) is 1.48. The van der Waals surface area contributed by atoms with Crippen LogP contribution in [0, 0.1) is 16.0 Å². The third-order valence-electron chi connectivity index (χ3n) is 5.68. The van der Waals surface area contributed by atoms with Crippen molar-refractivity contribution in [2.75, 3.05) is 38.6 Å². The Balaban J connectivity index is 1.62. The molecule has 0 aliphatic carbocycles. The maximum absolute atomic E-state index is 12.9. The number of para-hydroxylation sites is 1. The molecule has 0 atom stereocenters. The summed E-state index contributed by atoms with van der Waals surface area (Å²) in [6.45, 7) is 2.74. The fraction of sp³-hybridized carbons (Fsp3) is 0.375. The van der Waals surface area contributed by atoms with Crippen molar-refractivity contribution >= 4 is 34.8 Å². The molecule has 2 amide bonds. The number of carbonyl (C=O) groups is 3. The van der Waals surface area contributed by atoms with E-state index in [-0.39, 0.29) is 41.3 Å². The van der Waals surface area contributed by atoms with Gasteiger partial charge in [-0.3, -0.25) is 24.5 Å². The second-order valence-corrected chi connectivity index (χ2v) is 8.05. The van der Waals surface area contributed by atoms with Gasteiger partial charge in [-0.2, -0.15) is 0 Å². The molecule has 0 bridgehead atoms. The Kier molecular flexibility index (Phi) is 8.18. The van der Waals surface area contributed by atoms with Gasteiger partial charge in [0.1, 0.15) is 5.69 Å². The molecule has 1 aliphatic rings. The van der Waals surface area contributed by atoms with Crippen molar-refractivity contribution in [2.45, 2.75) is 19.8 Å². The quantitative estimate of drug-likeness (QED) is 0.359. The van der Waals surface area contributed by atoms with Gasteiger partial charge in [0.2, 0.25) is 5.91 Å². The maximum atomic E-state index is 12.9. The molecule has 0 spiro atoms. The summed E-state index contributed by atoms with van der Waals surface area (Å²) in [4.78, 5) is 51.3. The number of nitro benzene ring substituents is 1. The molecule has 1 fully saturated rings. The lowest BCUT2D eigenvalue weighted by Gasteiger charge is -2.32. The highest BCUT2D eigenvalue weighted by Crippen LogP contribution is 2.29. The van der Waals surface area contributed by atoms with Crippen molar-refractivity contribution in [1.29, 1.82) is 0 Å². The third-order valence-corrected chi connectivity index (χ3v) is 5.68. The van der Waals surface area contributed by atoms with Crippen molar-refractivity contribution in [3.8, 4) is 0 Å². The minimum absolute atomic E-state index is 0.113. The Morgan fingerprint density at radius 2 is 1.82 bits per heavy atom. The van der Waals surface area contributed by atoms with Gasteiger partial charge in [0.25, 0.3) is 11.6 Å². The van der Waals surface area contributed by atoms with Gasteiger partial charge in [0.05, 0.1) is 24.0 Å². The number of likely N-dealkylation sites (N-methyl/N-ethyl adjacent to an activating group) is 1. The van der Waals surface area contributed by atoms with Gasteiger partial charge in [-0.05, 0) is 44.0 Å². The van der Waals surface area contributed by atoms with Gasteiger partial charge in [-0.25, -0.2) is 0 Å². The van der Waals surface area contributed by atoms with E-state index in [4.69, 9.17) is 4.74 Å². The Morgan fingerprint density at radius 1 is 1.15 bits per heavy atom. The summed E-state index contributed by atoms with van der Waals surface area (Å²) in [6, 6.07) is 13.2. The zero-order valence-corrected chi connectivity index (χ0v) is 19.2. The highest BCUT2D eigenvalue weighted by molar-refractivity contribution is 5.97. The molecule has 0 aromatic heterocycles. The third kappa shape index (κ3) is 6.09. The second kappa shape index (κ2) is 11.3. The zero-order valence-electron chi connectivity index (χ0n) is 19.2. The van der Waals surface area contributed by atoms with E-state index >= 15 is 0 Å². The van der Waals surface area contributed by atoms with Crippen LogP contribution in [-0.2, 0) is 14.3 Å². The highest BCUT2D eigenvalue weighted by Gasteiger charge is 2.29. The van der Waals surface area contributed by atoms with Gasteiger partial charge < -0.3 is 19.9 Å². The smallest absolute Gasteiger partial charge is 0.309 e. The minimum Gasteiger partial charge on any atom is -0.466 e. The number of carbonyl (C=O) groups excluding carboxylic acids is 3. The van der Waals surface area contributed by atoms with Crippen LogP contribution in [0.3, 0.4) is 0 Å². The molecule has 3 rings (SSSR count). The number of piperidine rings is 1. The summed E-state index contributed by atoms with van der Waals surface area (Å²) in [5.41, 5.74) is 0.812. The van der Waals surface area contributed by atoms with Crippen molar-refractivity contribution in [2.24, 2.45) is 5.92 Å². The summed E-state index contributed by atoms with van der Waals surface area (Å²) < 4.78 is 5.04. The molecular formula is C24H28N4O6. The zero-order chi connectivity index (χ0) is 24.7. The number of likely N-dealkylation sites (tertiary alicyclic amines) is 1. The van der Waals surface area contributed by atoms with Crippen LogP contribution >= 0.6 is 0 Å². The number of nitrogens with zero attached hydrogens (tertiary/aromatic N) is 3. The largest absolute Gasteiger partial charge is 0.466 e. The van der Waals surface area contributed by atoms with Crippen LogP contribution in [0.5, 0.6) is 0 Å². The number of hydrogen-bond acceptors (Lipinski definition) is 7. The van der Waals surface area contributed by atoms with Crippen LogP contribution in [-0.4, -0.2) is 65.8 Å². The average molecular weight is 469 g/mol. The molecule has 1 heterocycles. The lowest BCUT2D eigenvalue weighted by molar-refractivity contribution is -0.383. The number of nitrogens with one attached hydrogen (secondary N) is 1. The first kappa shape index (κ1) is 24.7. The van der Waals surface area contributed by atoms with E-state index in [0.717, 1.165) is 0 Å². The number of rotatable bonds is 8. The van der Waals surface area contributed by atoms with E-state index in [1.54, 1.807) is 36.1 Å². The van der Waals surface area contributed by atoms with E-state index in [1.165, 1.54) is 30.1 Å². The first-order valence-electron chi connectivity index (χ1n) is 11.1. The van der Waals surface area contributed by atoms with E-state index in [0.29, 0.717) is 38.2 Å². The minimum atomic E-state index is -0.555. The van der Waals surface area contributed by atoms with Gasteiger partial charge >= 0.3 is 5.97 Å². The van der Waals surface area contributed by atoms with Crippen LogP contribution in [0.1, 0.15) is 30.1 Å². The van der Waals surface area contributed by atoms with Crippen LogP contribution in [0.25, 0.3) is 0 Å². The molecule has 10 nitrogen and oxygen atoms in total. The summed E-state index contributed by atoms with van der Waals surface area (Å²) in [5.74, 6) is -1.19. The summed E-state index contributed by atoms with van der Waals surface area (Å²) in [6.07, 6.45) is 1.04. The molecule has 0 unspecified atom stereocenters. The number of ether oxygens (including phenoxy) is 1. The topological polar surface area (TPSA) is 122 Å². The lowest BCUT2D eigenvalue weighted by Crippen LogP contribution is -2.45. The number of nitro groups is 1. The molecule has 2 aromatic rings. The van der Waals surface area contributed by atoms with E-state index in [1.807, 2.05) is 6.07 Å². The molecule has 180 valence electrons. The standard InChI is InChI=1S/C24H28N4O6/c1-3-34-24(31)17-11-13-27(14-12-17)22(29)16-26(2)23(30)18-9-10-20(21(15-18)28(32)33)25-19-7-5-4-6-8-19/h4-10,15,17,25H,3,11-14,16H2,1-2H3. The molecule has 0 radical (unpaired) electrons. The van der Waals surface area contributed by atoms with Gasteiger partial charge in [-0.1, -0.05) is 18.2 Å². The SMILES string of the molecule is CCOC(=O)C1CCN(C(=O)CN(C)C(=O)c2ccc(Nc3ccccc3)c([N+](=O)[O-])c2)CC1. The molecule has 1 N–H and O–H groups in total. The molecule has 10 heteroatoms. The number of amides is 2. The fourth-order valence-electron chi connectivity index (χ4n) is 3.82. The van der Waals surface area contributed by atoms with Gasteiger partial charge in [0, 0.05) is 37.5 Å². The second-order valence-electron chi connectivity index (χ2n) is 8.05. The van der Waals surface area contributed by atoms with Crippen LogP contribution in [0.2, 0.25) is 0 Å². The Morgan fingerprint density at radius 3 is 2.44 bits per heavy atom. The van der Waals surface area contributed by atoms with E-state index < -0.39 is 10.8 Å². The molecule has 34 heavy (non-hydrogen) atoms.